The molecule has 0 saturated carbocycles. The number of benzene rings is 2. The predicted octanol–water partition coefficient (Wildman–Crippen LogP) is 4.85. The topological polar surface area (TPSA) is 61.4 Å². The number of halogens is 3. The van der Waals surface area contributed by atoms with Crippen LogP contribution in [-0.4, -0.2) is 36.3 Å². The number of carbonyl (C=O) groups is 2. The fourth-order valence-corrected chi connectivity index (χ4v) is 3.04. The summed E-state index contributed by atoms with van der Waals surface area (Å²) < 4.78 is 38.7. The zero-order valence-electron chi connectivity index (χ0n) is 17.5. The van der Waals surface area contributed by atoms with Gasteiger partial charge in [0.05, 0.1) is 12.1 Å². The number of hydrogen-bond donors (Lipinski definition) is 2. The Balaban J connectivity index is 2.22. The molecule has 30 heavy (non-hydrogen) atoms. The van der Waals surface area contributed by atoms with Gasteiger partial charge in [-0.15, -0.1) is 0 Å². The maximum Gasteiger partial charge on any atom is 0.416 e. The number of anilines is 2. The van der Waals surface area contributed by atoms with Crippen LogP contribution in [0.15, 0.2) is 36.4 Å². The van der Waals surface area contributed by atoms with Crippen LogP contribution in [0.2, 0.25) is 0 Å². The quantitative estimate of drug-likeness (QED) is 0.672. The van der Waals surface area contributed by atoms with E-state index in [9.17, 15) is 22.8 Å². The average molecular weight is 421 g/mol. The molecule has 2 amide bonds. The Hall–Kier alpha value is -2.87. The molecular weight excluding hydrogens is 395 g/mol. The third-order valence-electron chi connectivity index (χ3n) is 4.90. The third kappa shape index (κ3) is 5.82. The maximum atomic E-state index is 12.9. The lowest BCUT2D eigenvalue weighted by Gasteiger charge is -2.20. The van der Waals surface area contributed by atoms with Gasteiger partial charge < -0.3 is 10.6 Å². The highest BCUT2D eigenvalue weighted by atomic mass is 19.4. The molecule has 0 spiro atoms. The van der Waals surface area contributed by atoms with Crippen molar-refractivity contribution in [2.45, 2.75) is 33.9 Å². The van der Waals surface area contributed by atoms with E-state index in [1.54, 1.807) is 19.1 Å². The van der Waals surface area contributed by atoms with E-state index in [0.29, 0.717) is 16.9 Å². The fourth-order valence-electron chi connectivity index (χ4n) is 3.04. The Morgan fingerprint density at radius 2 is 1.67 bits per heavy atom. The van der Waals surface area contributed by atoms with Crippen LogP contribution in [0.3, 0.4) is 0 Å². The van der Waals surface area contributed by atoms with Gasteiger partial charge in [-0.25, -0.2) is 0 Å². The van der Waals surface area contributed by atoms with E-state index in [1.807, 2.05) is 25.7 Å². The average Bonchev–Trinajstić information content (AvgIpc) is 2.70. The minimum absolute atomic E-state index is 0.100. The lowest BCUT2D eigenvalue weighted by atomic mass is 10.1. The van der Waals surface area contributed by atoms with Gasteiger partial charge in [0, 0.05) is 16.9 Å². The number of alkyl halides is 3. The summed E-state index contributed by atoms with van der Waals surface area (Å²) in [5, 5.41) is 5.52. The second-order valence-electron chi connectivity index (χ2n) is 6.97. The van der Waals surface area contributed by atoms with Gasteiger partial charge >= 0.3 is 6.18 Å². The zero-order chi connectivity index (χ0) is 22.5. The van der Waals surface area contributed by atoms with Crippen LogP contribution < -0.4 is 10.6 Å². The lowest BCUT2D eigenvalue weighted by Crippen LogP contribution is -2.33. The molecule has 0 aliphatic heterocycles. The molecule has 0 atom stereocenters. The normalized spacial score (nSPS) is 11.5. The van der Waals surface area contributed by atoms with Crippen LogP contribution in [-0.2, 0) is 11.0 Å². The Labute approximate surface area is 174 Å². The number of carbonyl (C=O) groups excluding carboxylic acids is 2. The maximum absolute atomic E-state index is 12.9. The van der Waals surface area contributed by atoms with Crippen molar-refractivity contribution in [2.75, 3.05) is 30.3 Å². The van der Waals surface area contributed by atoms with Crippen molar-refractivity contribution in [2.24, 2.45) is 0 Å². The number of amides is 2. The summed E-state index contributed by atoms with van der Waals surface area (Å²) in [6.07, 6.45) is -4.53. The Bertz CT molecular complexity index is 922. The molecular formula is C22H26F3N3O2. The van der Waals surface area contributed by atoms with Gasteiger partial charge in [-0.3, -0.25) is 14.5 Å². The van der Waals surface area contributed by atoms with Crippen molar-refractivity contribution in [3.05, 3.63) is 58.7 Å². The number of nitrogens with one attached hydrogen (secondary N) is 2. The summed E-state index contributed by atoms with van der Waals surface area (Å²) in [6.45, 7) is 9.24. The van der Waals surface area contributed by atoms with Crippen molar-refractivity contribution in [1.82, 2.24) is 4.90 Å². The Kier molecular flexibility index (Phi) is 7.61. The molecule has 0 saturated heterocycles. The number of nitrogens with zero attached hydrogens (tertiary/aromatic N) is 1. The van der Waals surface area contributed by atoms with Crippen molar-refractivity contribution in [3.63, 3.8) is 0 Å². The van der Waals surface area contributed by atoms with Crippen LogP contribution in [0.4, 0.5) is 24.5 Å². The lowest BCUT2D eigenvalue weighted by molar-refractivity contribution is -0.137. The van der Waals surface area contributed by atoms with E-state index in [4.69, 9.17) is 0 Å². The molecule has 0 heterocycles. The van der Waals surface area contributed by atoms with Gasteiger partial charge in [0.15, 0.2) is 0 Å². The standard InChI is InChI=1S/C22H26F3N3O2/c1-5-28(6-2)13-19(29)27-20-14(3)10-11-18(15(20)4)26-21(30)16-8-7-9-17(12-16)22(23,24)25/h7-12H,5-6,13H2,1-4H3,(H,26,30)(H,27,29). The molecule has 0 bridgehead atoms. The van der Waals surface area contributed by atoms with Crippen LogP contribution in [0.5, 0.6) is 0 Å². The minimum atomic E-state index is -4.53. The van der Waals surface area contributed by atoms with Crippen LogP contribution in [0.1, 0.15) is 40.9 Å². The van der Waals surface area contributed by atoms with Gasteiger partial charge in [0.2, 0.25) is 5.91 Å². The third-order valence-corrected chi connectivity index (χ3v) is 4.90. The molecule has 0 radical (unpaired) electrons. The first-order valence-electron chi connectivity index (χ1n) is 9.67. The molecule has 2 aromatic carbocycles. The van der Waals surface area contributed by atoms with Crippen LogP contribution in [0, 0.1) is 13.8 Å². The van der Waals surface area contributed by atoms with Crippen molar-refractivity contribution >= 4 is 23.2 Å². The molecule has 8 heteroatoms. The summed E-state index contributed by atoms with van der Waals surface area (Å²) in [6, 6.07) is 7.64. The SMILES string of the molecule is CCN(CC)CC(=O)Nc1c(C)ccc(NC(=O)c2cccc(C(F)(F)F)c2)c1C. The first kappa shape index (κ1) is 23.4. The van der Waals surface area contributed by atoms with E-state index in [2.05, 4.69) is 10.6 Å². The summed E-state index contributed by atoms with van der Waals surface area (Å²) in [5.41, 5.74) is 1.45. The second-order valence-corrected chi connectivity index (χ2v) is 6.97. The van der Waals surface area contributed by atoms with Gasteiger partial charge in [-0.2, -0.15) is 13.2 Å². The number of aryl methyl sites for hydroxylation is 1. The molecule has 2 N–H and O–H groups in total. The van der Waals surface area contributed by atoms with E-state index >= 15 is 0 Å². The van der Waals surface area contributed by atoms with Crippen molar-refractivity contribution in [1.29, 1.82) is 0 Å². The Morgan fingerprint density at radius 3 is 2.27 bits per heavy atom. The number of likely N-dealkylation sites (N-methyl/N-ethyl adjacent to an activating group) is 1. The number of rotatable bonds is 7. The summed E-state index contributed by atoms with van der Waals surface area (Å²) in [4.78, 5) is 26.9. The summed E-state index contributed by atoms with van der Waals surface area (Å²) in [7, 11) is 0. The second kappa shape index (κ2) is 9.75. The van der Waals surface area contributed by atoms with Gasteiger partial charge in [0.1, 0.15) is 0 Å². The highest BCUT2D eigenvalue weighted by Crippen LogP contribution is 2.31. The molecule has 2 aromatic rings. The fraction of sp³-hybridized carbons (Fsp3) is 0.364. The molecule has 2 rings (SSSR count). The monoisotopic (exact) mass is 421 g/mol. The molecule has 0 unspecified atom stereocenters. The van der Waals surface area contributed by atoms with Gasteiger partial charge in [-0.1, -0.05) is 26.0 Å². The molecule has 0 aliphatic rings. The molecule has 162 valence electrons. The van der Waals surface area contributed by atoms with Crippen LogP contribution >= 0.6 is 0 Å². The molecule has 0 fully saturated rings. The van der Waals surface area contributed by atoms with E-state index in [0.717, 1.165) is 30.8 Å². The van der Waals surface area contributed by atoms with E-state index in [-0.39, 0.29) is 18.0 Å². The molecule has 5 nitrogen and oxygen atoms in total. The Morgan fingerprint density at radius 1 is 1.00 bits per heavy atom. The van der Waals surface area contributed by atoms with Gasteiger partial charge in [0.25, 0.3) is 5.91 Å². The van der Waals surface area contributed by atoms with Crippen LogP contribution in [0.25, 0.3) is 0 Å². The smallest absolute Gasteiger partial charge is 0.324 e. The molecule has 0 aliphatic carbocycles. The summed E-state index contributed by atoms with van der Waals surface area (Å²) >= 11 is 0. The van der Waals surface area contributed by atoms with E-state index in [1.165, 1.54) is 12.1 Å². The highest BCUT2D eigenvalue weighted by Gasteiger charge is 2.31. The number of hydrogen-bond acceptors (Lipinski definition) is 3. The predicted molar refractivity (Wildman–Crippen MR) is 112 cm³/mol. The van der Waals surface area contributed by atoms with Gasteiger partial charge in [-0.05, 0) is 62.3 Å². The van der Waals surface area contributed by atoms with Crippen molar-refractivity contribution < 1.29 is 22.8 Å². The largest absolute Gasteiger partial charge is 0.416 e. The first-order chi connectivity index (χ1) is 14.1. The first-order valence-corrected chi connectivity index (χ1v) is 9.67. The van der Waals surface area contributed by atoms with E-state index < -0.39 is 17.6 Å². The molecule has 0 aromatic heterocycles. The summed E-state index contributed by atoms with van der Waals surface area (Å²) in [5.74, 6) is -0.834. The highest BCUT2D eigenvalue weighted by molar-refractivity contribution is 6.05. The minimum Gasteiger partial charge on any atom is -0.324 e. The zero-order valence-corrected chi connectivity index (χ0v) is 17.5. The van der Waals surface area contributed by atoms with Crippen molar-refractivity contribution in [3.8, 4) is 0 Å².